The third kappa shape index (κ3) is 3.24. The molecule has 0 unspecified atom stereocenters. The highest BCUT2D eigenvalue weighted by Gasteiger charge is 2.26. The van der Waals surface area contributed by atoms with Crippen molar-refractivity contribution in [3.05, 3.63) is 28.6 Å². The summed E-state index contributed by atoms with van der Waals surface area (Å²) in [5.41, 5.74) is 1.57. The largest absolute Gasteiger partial charge is 0.494 e. The summed E-state index contributed by atoms with van der Waals surface area (Å²) >= 11 is 0. The molecule has 3 nitrogen and oxygen atoms in total. The van der Waals surface area contributed by atoms with E-state index in [0.29, 0.717) is 11.8 Å². The molecule has 0 amide bonds. The van der Waals surface area contributed by atoms with Gasteiger partial charge in [0.2, 0.25) is 0 Å². The van der Waals surface area contributed by atoms with Crippen LogP contribution in [0.3, 0.4) is 0 Å². The van der Waals surface area contributed by atoms with E-state index in [4.69, 9.17) is 4.74 Å². The average Bonchev–Trinajstić information content (AvgIpc) is 2.71. The molecule has 3 heteroatoms. The van der Waals surface area contributed by atoms with Crippen LogP contribution in [-0.4, -0.2) is 38.2 Å². The standard InChI is InChI=1S/C18H26N2O/c1-13(2)6-7-21-16-4-5-17-14(8-16)9-19-10-15-11-20(3)12-18(15)17/h4-5,8-9,13,15,19H,6-7,10-12H2,1-3H3/t15-/m0/s1. The zero-order chi connectivity index (χ0) is 14.8. The molecule has 2 aliphatic rings. The maximum atomic E-state index is 5.89. The first-order chi connectivity index (χ1) is 10.1. The van der Waals surface area contributed by atoms with Crippen LogP contribution < -0.4 is 20.5 Å². The second-order valence-electron chi connectivity index (χ2n) is 6.75. The quantitative estimate of drug-likeness (QED) is 0.899. The van der Waals surface area contributed by atoms with Crippen LogP contribution in [0.25, 0.3) is 11.8 Å². The van der Waals surface area contributed by atoms with Crippen molar-refractivity contribution < 1.29 is 4.74 Å². The fourth-order valence-corrected chi connectivity index (χ4v) is 3.23. The Bertz CT molecular complexity index is 621. The molecule has 3 rings (SSSR count). The number of nitrogens with zero attached hydrogens (tertiary/aromatic N) is 1. The summed E-state index contributed by atoms with van der Waals surface area (Å²) in [5.74, 6) is 2.31. The summed E-state index contributed by atoms with van der Waals surface area (Å²) in [7, 11) is 2.20. The van der Waals surface area contributed by atoms with Gasteiger partial charge in [-0.1, -0.05) is 19.9 Å². The molecule has 1 saturated heterocycles. The SMILES string of the molecule is CC(C)CCOc1ccc2c(c1)=CNC[C@H]1CN(C)CC=21. The van der Waals surface area contributed by atoms with Gasteiger partial charge in [-0.3, -0.25) is 0 Å². The molecule has 2 aliphatic heterocycles. The van der Waals surface area contributed by atoms with Gasteiger partial charge in [0.1, 0.15) is 5.75 Å². The zero-order valence-electron chi connectivity index (χ0n) is 13.4. The molecule has 21 heavy (non-hydrogen) atoms. The topological polar surface area (TPSA) is 24.5 Å². The molecule has 0 saturated carbocycles. The summed E-state index contributed by atoms with van der Waals surface area (Å²) < 4.78 is 5.89. The van der Waals surface area contributed by atoms with Crippen molar-refractivity contribution in [3.63, 3.8) is 0 Å². The zero-order valence-corrected chi connectivity index (χ0v) is 13.4. The second-order valence-corrected chi connectivity index (χ2v) is 6.75. The summed E-state index contributed by atoms with van der Waals surface area (Å²) in [6.45, 7) is 8.53. The highest BCUT2D eigenvalue weighted by Crippen LogP contribution is 2.21. The number of fused-ring (bicyclic) bond motifs is 2. The fraction of sp³-hybridized carbons (Fsp3) is 0.556. The molecule has 0 aliphatic carbocycles. The van der Waals surface area contributed by atoms with Crippen LogP contribution in [0, 0.1) is 11.8 Å². The fourth-order valence-electron chi connectivity index (χ4n) is 3.23. The lowest BCUT2D eigenvalue weighted by Crippen LogP contribution is -2.28. The van der Waals surface area contributed by atoms with Gasteiger partial charge in [0.15, 0.2) is 0 Å². The molecule has 1 aromatic rings. The normalized spacial score (nSPS) is 21.3. The molecular weight excluding hydrogens is 260 g/mol. The minimum atomic E-state index is 0.639. The van der Waals surface area contributed by atoms with Crippen molar-refractivity contribution in [1.82, 2.24) is 10.2 Å². The predicted molar refractivity (Wildman–Crippen MR) is 87.5 cm³/mol. The van der Waals surface area contributed by atoms with Crippen molar-refractivity contribution in [3.8, 4) is 5.75 Å². The van der Waals surface area contributed by atoms with E-state index in [1.165, 1.54) is 10.4 Å². The van der Waals surface area contributed by atoms with Crippen LogP contribution in [0.5, 0.6) is 5.75 Å². The van der Waals surface area contributed by atoms with E-state index >= 15 is 0 Å². The summed E-state index contributed by atoms with van der Waals surface area (Å²) in [6.07, 6.45) is 3.25. The number of hydrogen-bond donors (Lipinski definition) is 1. The number of ether oxygens (including phenoxy) is 1. The highest BCUT2D eigenvalue weighted by molar-refractivity contribution is 5.55. The Balaban J connectivity index is 1.89. The number of likely N-dealkylation sites (tertiary alicyclic amines) is 1. The molecule has 1 aromatic carbocycles. The van der Waals surface area contributed by atoms with Gasteiger partial charge in [0.25, 0.3) is 0 Å². The van der Waals surface area contributed by atoms with E-state index in [1.807, 2.05) is 0 Å². The Morgan fingerprint density at radius 3 is 3.05 bits per heavy atom. The van der Waals surface area contributed by atoms with Crippen LogP contribution >= 0.6 is 0 Å². The first kappa shape index (κ1) is 14.5. The number of benzene rings is 1. The van der Waals surface area contributed by atoms with Crippen LogP contribution in [-0.2, 0) is 0 Å². The smallest absolute Gasteiger partial charge is 0.119 e. The number of hydrogen-bond acceptors (Lipinski definition) is 3. The Labute approximate surface area is 127 Å². The summed E-state index contributed by atoms with van der Waals surface area (Å²) in [4.78, 5) is 2.41. The summed E-state index contributed by atoms with van der Waals surface area (Å²) in [5, 5.41) is 6.13. The summed E-state index contributed by atoms with van der Waals surface area (Å²) in [6, 6.07) is 6.54. The van der Waals surface area contributed by atoms with Crippen molar-refractivity contribution >= 4 is 11.8 Å². The third-order valence-electron chi connectivity index (χ3n) is 4.42. The van der Waals surface area contributed by atoms with E-state index in [2.05, 4.69) is 55.5 Å². The third-order valence-corrected chi connectivity index (χ3v) is 4.42. The van der Waals surface area contributed by atoms with Crippen molar-refractivity contribution in [2.75, 3.05) is 33.3 Å². The first-order valence-electron chi connectivity index (χ1n) is 8.01. The van der Waals surface area contributed by atoms with Gasteiger partial charge in [-0.05, 0) is 42.3 Å². The molecule has 2 heterocycles. The van der Waals surface area contributed by atoms with Gasteiger partial charge in [0.05, 0.1) is 6.61 Å². The van der Waals surface area contributed by atoms with E-state index in [1.54, 1.807) is 5.57 Å². The highest BCUT2D eigenvalue weighted by atomic mass is 16.5. The maximum Gasteiger partial charge on any atom is 0.119 e. The molecule has 0 radical (unpaired) electrons. The average molecular weight is 286 g/mol. The van der Waals surface area contributed by atoms with E-state index < -0.39 is 0 Å². The molecule has 1 N–H and O–H groups in total. The van der Waals surface area contributed by atoms with Crippen LogP contribution in [0.4, 0.5) is 0 Å². The molecule has 0 spiro atoms. The van der Waals surface area contributed by atoms with Gasteiger partial charge in [0, 0.05) is 37.0 Å². The lowest BCUT2D eigenvalue weighted by Gasteiger charge is -2.09. The lowest BCUT2D eigenvalue weighted by atomic mass is 10.0. The van der Waals surface area contributed by atoms with Gasteiger partial charge in [-0.15, -0.1) is 0 Å². The monoisotopic (exact) mass is 286 g/mol. The van der Waals surface area contributed by atoms with Gasteiger partial charge in [-0.2, -0.15) is 0 Å². The van der Waals surface area contributed by atoms with Crippen molar-refractivity contribution in [1.29, 1.82) is 0 Å². The van der Waals surface area contributed by atoms with Gasteiger partial charge in [-0.25, -0.2) is 0 Å². The number of rotatable bonds is 4. The Morgan fingerprint density at radius 2 is 2.24 bits per heavy atom. The second kappa shape index (κ2) is 6.10. The minimum absolute atomic E-state index is 0.639. The lowest BCUT2D eigenvalue weighted by molar-refractivity contribution is 0.289. The maximum absolute atomic E-state index is 5.89. The number of nitrogens with one attached hydrogen (secondary N) is 1. The van der Waals surface area contributed by atoms with E-state index in [9.17, 15) is 0 Å². The molecule has 1 atom stereocenters. The van der Waals surface area contributed by atoms with Crippen LogP contribution in [0.2, 0.25) is 0 Å². The van der Waals surface area contributed by atoms with Gasteiger partial charge < -0.3 is 15.0 Å². The molecule has 0 aromatic heterocycles. The van der Waals surface area contributed by atoms with E-state index in [-0.39, 0.29) is 0 Å². The Kier molecular flexibility index (Phi) is 4.20. The van der Waals surface area contributed by atoms with Crippen LogP contribution in [0.15, 0.2) is 18.2 Å². The Morgan fingerprint density at radius 1 is 1.38 bits per heavy atom. The minimum Gasteiger partial charge on any atom is -0.494 e. The van der Waals surface area contributed by atoms with Crippen molar-refractivity contribution in [2.45, 2.75) is 20.3 Å². The molecular formula is C18H26N2O. The first-order valence-corrected chi connectivity index (χ1v) is 8.01. The van der Waals surface area contributed by atoms with Crippen LogP contribution in [0.1, 0.15) is 20.3 Å². The predicted octanol–water partition coefficient (Wildman–Crippen LogP) is 1.17. The van der Waals surface area contributed by atoms with Gasteiger partial charge >= 0.3 is 0 Å². The molecule has 1 fully saturated rings. The Hall–Kier alpha value is -1.48. The van der Waals surface area contributed by atoms with Crippen molar-refractivity contribution in [2.24, 2.45) is 11.8 Å². The molecule has 0 bridgehead atoms. The van der Waals surface area contributed by atoms with E-state index in [0.717, 1.165) is 38.4 Å². The molecule has 114 valence electrons.